The number of hydrogen-bond acceptors (Lipinski definition) is 4. The van der Waals surface area contributed by atoms with Gasteiger partial charge in [-0.15, -0.1) is 11.8 Å². The first-order chi connectivity index (χ1) is 15.1. The van der Waals surface area contributed by atoms with E-state index in [1.165, 1.54) is 42.2 Å². The van der Waals surface area contributed by atoms with Gasteiger partial charge in [-0.2, -0.15) is 0 Å². The van der Waals surface area contributed by atoms with Gasteiger partial charge in [0.05, 0.1) is 6.04 Å². The van der Waals surface area contributed by atoms with Crippen LogP contribution in [0.2, 0.25) is 0 Å². The summed E-state index contributed by atoms with van der Waals surface area (Å²) >= 11 is 1.79. The van der Waals surface area contributed by atoms with Crippen LogP contribution >= 0.6 is 11.8 Å². The lowest BCUT2D eigenvalue weighted by Crippen LogP contribution is -2.61. The number of carbonyl (C=O) groups excluding carboxylic acids is 1. The minimum atomic E-state index is 0.115. The van der Waals surface area contributed by atoms with Crippen molar-refractivity contribution in [2.24, 2.45) is 5.92 Å². The maximum atomic E-state index is 12.8. The Kier molecular flexibility index (Phi) is 6.92. The molecule has 5 rings (SSSR count). The molecule has 4 nitrogen and oxygen atoms in total. The van der Waals surface area contributed by atoms with Crippen LogP contribution in [0.15, 0.2) is 53.4 Å². The van der Waals surface area contributed by atoms with Crippen molar-refractivity contribution >= 4 is 29.0 Å². The molecule has 3 aliphatic heterocycles. The highest BCUT2D eigenvalue weighted by molar-refractivity contribution is 7.98. The normalized spacial score (nSPS) is 24.8. The van der Waals surface area contributed by atoms with Crippen molar-refractivity contribution < 1.29 is 4.79 Å². The van der Waals surface area contributed by atoms with Gasteiger partial charge in [-0.1, -0.05) is 6.07 Å². The van der Waals surface area contributed by atoms with Gasteiger partial charge in [0.15, 0.2) is 0 Å². The SMILES string of the molecule is CCN(CC)C(=O)c1ccc(N(c2cccc(SC)c2)[C@H]2C3CCN(CC3)[C@@H]2C)cc1. The summed E-state index contributed by atoms with van der Waals surface area (Å²) in [7, 11) is 0. The van der Waals surface area contributed by atoms with Crippen LogP contribution in [0.25, 0.3) is 0 Å². The minimum Gasteiger partial charge on any atom is -0.339 e. The number of hydrogen-bond donors (Lipinski definition) is 0. The number of piperidine rings is 3. The summed E-state index contributed by atoms with van der Waals surface area (Å²) in [5, 5.41) is 0. The monoisotopic (exact) mass is 437 g/mol. The van der Waals surface area contributed by atoms with E-state index in [0.717, 1.165) is 18.7 Å². The van der Waals surface area contributed by atoms with E-state index >= 15 is 0 Å². The summed E-state index contributed by atoms with van der Waals surface area (Å²) in [5.41, 5.74) is 3.20. The molecule has 0 spiro atoms. The van der Waals surface area contributed by atoms with Crippen LogP contribution in [0.1, 0.15) is 44.0 Å². The summed E-state index contributed by atoms with van der Waals surface area (Å²) in [6.07, 6.45) is 4.67. The molecule has 2 atom stereocenters. The summed E-state index contributed by atoms with van der Waals surface area (Å²) in [6, 6.07) is 18.2. The van der Waals surface area contributed by atoms with Gasteiger partial charge in [0.1, 0.15) is 0 Å². The van der Waals surface area contributed by atoms with Gasteiger partial charge < -0.3 is 9.80 Å². The van der Waals surface area contributed by atoms with E-state index < -0.39 is 0 Å². The molecule has 3 aliphatic rings. The predicted molar refractivity (Wildman–Crippen MR) is 132 cm³/mol. The summed E-state index contributed by atoms with van der Waals surface area (Å²) in [5.74, 6) is 0.818. The fraction of sp³-hybridized carbons (Fsp3) is 0.500. The lowest BCUT2D eigenvalue weighted by molar-refractivity contribution is 0.0380. The van der Waals surface area contributed by atoms with Gasteiger partial charge >= 0.3 is 0 Å². The average Bonchev–Trinajstić information content (AvgIpc) is 2.82. The first kappa shape index (κ1) is 22.2. The second kappa shape index (κ2) is 9.66. The van der Waals surface area contributed by atoms with Crippen LogP contribution in [-0.4, -0.2) is 60.2 Å². The zero-order chi connectivity index (χ0) is 22.0. The van der Waals surface area contributed by atoms with Crippen molar-refractivity contribution in [3.8, 4) is 0 Å². The van der Waals surface area contributed by atoms with Gasteiger partial charge in [0, 0.05) is 41.0 Å². The van der Waals surface area contributed by atoms with Crippen LogP contribution in [0, 0.1) is 5.92 Å². The Morgan fingerprint density at radius 3 is 2.29 bits per heavy atom. The van der Waals surface area contributed by atoms with Crippen molar-refractivity contribution in [2.75, 3.05) is 37.3 Å². The molecule has 2 aromatic rings. The Labute approximate surface area is 191 Å². The maximum absolute atomic E-state index is 12.8. The van der Waals surface area contributed by atoms with Crippen LogP contribution in [0.5, 0.6) is 0 Å². The quantitative estimate of drug-likeness (QED) is 0.534. The molecule has 0 unspecified atom stereocenters. The fourth-order valence-corrected chi connectivity index (χ4v) is 5.87. The number of fused-ring (bicyclic) bond motifs is 3. The Morgan fingerprint density at radius 2 is 1.71 bits per heavy atom. The molecule has 0 radical (unpaired) electrons. The smallest absolute Gasteiger partial charge is 0.253 e. The molecule has 2 bridgehead atoms. The highest BCUT2D eigenvalue weighted by atomic mass is 32.2. The first-order valence-corrected chi connectivity index (χ1v) is 12.9. The number of thioether (sulfide) groups is 1. The predicted octanol–water partition coefficient (Wildman–Crippen LogP) is 5.51. The van der Waals surface area contributed by atoms with Crippen LogP contribution in [0.3, 0.4) is 0 Å². The molecule has 31 heavy (non-hydrogen) atoms. The second-order valence-electron chi connectivity index (χ2n) is 8.70. The van der Waals surface area contributed by atoms with E-state index in [9.17, 15) is 4.79 Å². The standard InChI is InChI=1S/C26H35N3OS/c1-5-27(6-2)26(30)21-10-12-22(13-11-21)29(23-8-7-9-24(18-23)31-4)25-19(3)28-16-14-20(25)15-17-28/h7-13,18-20,25H,5-6,14-17H2,1-4H3/t19-,25-/m1/s1. The Bertz CT molecular complexity index is 886. The molecule has 1 amide bonds. The largest absolute Gasteiger partial charge is 0.339 e. The van der Waals surface area contributed by atoms with Gasteiger partial charge in [0.2, 0.25) is 0 Å². The van der Waals surface area contributed by atoms with E-state index in [4.69, 9.17) is 0 Å². The van der Waals surface area contributed by atoms with Crippen LogP contribution < -0.4 is 4.90 Å². The summed E-state index contributed by atoms with van der Waals surface area (Å²) in [6.45, 7) is 10.4. The molecule has 0 aromatic heterocycles. The molecule has 0 aliphatic carbocycles. The Morgan fingerprint density at radius 1 is 1.03 bits per heavy atom. The average molecular weight is 438 g/mol. The van der Waals surface area contributed by atoms with E-state index in [0.29, 0.717) is 18.0 Å². The summed E-state index contributed by atoms with van der Waals surface area (Å²) in [4.78, 5) is 21.2. The molecule has 3 saturated heterocycles. The van der Waals surface area contributed by atoms with Crippen LogP contribution in [0.4, 0.5) is 11.4 Å². The zero-order valence-electron chi connectivity index (χ0n) is 19.3. The topological polar surface area (TPSA) is 26.8 Å². The Balaban J connectivity index is 1.72. The number of nitrogens with zero attached hydrogens (tertiary/aromatic N) is 3. The third kappa shape index (κ3) is 4.35. The minimum absolute atomic E-state index is 0.115. The third-order valence-electron chi connectivity index (χ3n) is 7.20. The molecular formula is C26H35N3OS. The van der Waals surface area contributed by atoms with Crippen molar-refractivity contribution in [3.05, 3.63) is 54.1 Å². The zero-order valence-corrected chi connectivity index (χ0v) is 20.1. The van der Waals surface area contributed by atoms with E-state index in [2.05, 4.69) is 59.4 Å². The summed E-state index contributed by atoms with van der Waals surface area (Å²) < 4.78 is 0. The molecule has 3 fully saturated rings. The van der Waals surface area contributed by atoms with Crippen LogP contribution in [-0.2, 0) is 0 Å². The molecule has 0 saturated carbocycles. The van der Waals surface area contributed by atoms with Gasteiger partial charge in [-0.25, -0.2) is 0 Å². The molecular weight excluding hydrogens is 402 g/mol. The number of amides is 1. The Hall–Kier alpha value is -1.98. The third-order valence-corrected chi connectivity index (χ3v) is 7.93. The van der Waals surface area contributed by atoms with Crippen molar-refractivity contribution in [1.82, 2.24) is 9.80 Å². The molecule has 3 heterocycles. The highest BCUT2D eigenvalue weighted by Crippen LogP contribution is 2.41. The molecule has 0 N–H and O–H groups in total. The molecule has 2 aromatic carbocycles. The highest BCUT2D eigenvalue weighted by Gasteiger charge is 2.43. The van der Waals surface area contributed by atoms with E-state index in [1.807, 2.05) is 30.9 Å². The van der Waals surface area contributed by atoms with Gasteiger partial charge in [-0.3, -0.25) is 9.69 Å². The van der Waals surface area contributed by atoms with Gasteiger partial charge in [0.25, 0.3) is 5.91 Å². The molecule has 166 valence electrons. The van der Waals surface area contributed by atoms with E-state index in [1.54, 1.807) is 11.8 Å². The first-order valence-electron chi connectivity index (χ1n) is 11.6. The lowest BCUT2D eigenvalue weighted by Gasteiger charge is -2.54. The lowest BCUT2D eigenvalue weighted by atomic mass is 9.78. The van der Waals surface area contributed by atoms with Gasteiger partial charge in [-0.05, 0) is 101 Å². The van der Waals surface area contributed by atoms with E-state index in [-0.39, 0.29) is 5.91 Å². The second-order valence-corrected chi connectivity index (χ2v) is 9.58. The number of rotatable bonds is 7. The maximum Gasteiger partial charge on any atom is 0.253 e. The van der Waals surface area contributed by atoms with Crippen molar-refractivity contribution in [1.29, 1.82) is 0 Å². The number of benzene rings is 2. The molecule has 5 heteroatoms. The fourth-order valence-electron chi connectivity index (χ4n) is 5.42. The number of carbonyl (C=O) groups is 1. The van der Waals surface area contributed by atoms with Crippen molar-refractivity contribution in [2.45, 2.75) is 50.6 Å². The number of anilines is 2. The van der Waals surface area contributed by atoms with Crippen molar-refractivity contribution in [3.63, 3.8) is 0 Å².